The fourth-order valence-corrected chi connectivity index (χ4v) is 0.996. The van der Waals surface area contributed by atoms with Crippen LogP contribution in [0, 0.1) is 5.92 Å². The Morgan fingerprint density at radius 1 is 1.15 bits per heavy atom. The van der Waals surface area contributed by atoms with Crippen molar-refractivity contribution in [1.29, 1.82) is 0 Å². The van der Waals surface area contributed by atoms with Crippen molar-refractivity contribution in [3.63, 3.8) is 0 Å². The first-order valence-electron chi connectivity index (χ1n) is 5.18. The van der Waals surface area contributed by atoms with Crippen LogP contribution in [0.5, 0.6) is 0 Å². The Morgan fingerprint density at radius 2 is 1.77 bits per heavy atom. The summed E-state index contributed by atoms with van der Waals surface area (Å²) in [4.78, 5) is 0. The molecule has 1 atom stereocenters. The van der Waals surface area contributed by atoms with Gasteiger partial charge < -0.3 is 15.6 Å². The summed E-state index contributed by atoms with van der Waals surface area (Å²) in [7, 11) is 0. The number of ether oxygens (including phenoxy) is 1. The number of rotatable bonds is 8. The van der Waals surface area contributed by atoms with Crippen LogP contribution < -0.4 is 5.73 Å². The molecule has 0 bridgehead atoms. The first kappa shape index (κ1) is 12.9. The van der Waals surface area contributed by atoms with Crippen LogP contribution in [0.2, 0.25) is 0 Å². The Bertz CT molecular complexity index is 107. The van der Waals surface area contributed by atoms with Gasteiger partial charge in [0, 0.05) is 12.5 Å². The van der Waals surface area contributed by atoms with Gasteiger partial charge in [0.1, 0.15) is 0 Å². The highest BCUT2D eigenvalue weighted by Crippen LogP contribution is 2.05. The van der Waals surface area contributed by atoms with Crippen molar-refractivity contribution in [2.45, 2.75) is 45.8 Å². The van der Waals surface area contributed by atoms with Crippen molar-refractivity contribution in [1.82, 2.24) is 0 Å². The van der Waals surface area contributed by atoms with Gasteiger partial charge in [0.15, 0.2) is 6.29 Å². The summed E-state index contributed by atoms with van der Waals surface area (Å²) in [6.07, 6.45) is 3.81. The zero-order valence-electron chi connectivity index (χ0n) is 8.83. The largest absolute Gasteiger partial charge is 0.368 e. The van der Waals surface area contributed by atoms with E-state index in [4.69, 9.17) is 10.5 Å². The number of aliphatic hydroxyl groups excluding tert-OH is 1. The standard InChI is InChI=1S/C10H23NO2/c1-9(2)10(12)13-8-6-4-3-5-7-11/h9-10,12H,3-8,11H2,1-2H3. The number of hydrogen-bond acceptors (Lipinski definition) is 3. The number of aliphatic hydroxyl groups is 1. The topological polar surface area (TPSA) is 55.5 Å². The van der Waals surface area contributed by atoms with Gasteiger partial charge in [-0.15, -0.1) is 0 Å². The highest BCUT2D eigenvalue weighted by molar-refractivity contribution is 4.48. The van der Waals surface area contributed by atoms with Crippen molar-refractivity contribution < 1.29 is 9.84 Å². The van der Waals surface area contributed by atoms with Gasteiger partial charge >= 0.3 is 0 Å². The minimum atomic E-state index is -0.602. The van der Waals surface area contributed by atoms with Crippen LogP contribution >= 0.6 is 0 Å². The van der Waals surface area contributed by atoms with E-state index in [-0.39, 0.29) is 5.92 Å². The highest BCUT2D eigenvalue weighted by atomic mass is 16.6. The second-order valence-corrected chi connectivity index (χ2v) is 3.71. The quantitative estimate of drug-likeness (QED) is 0.449. The number of nitrogens with two attached hydrogens (primary N) is 1. The molecule has 1 unspecified atom stereocenters. The Balaban J connectivity index is 3.07. The smallest absolute Gasteiger partial charge is 0.156 e. The highest BCUT2D eigenvalue weighted by Gasteiger charge is 2.07. The third-order valence-corrected chi connectivity index (χ3v) is 1.96. The second-order valence-electron chi connectivity index (χ2n) is 3.71. The third kappa shape index (κ3) is 8.22. The summed E-state index contributed by atoms with van der Waals surface area (Å²) in [6.45, 7) is 5.32. The van der Waals surface area contributed by atoms with Gasteiger partial charge in [-0.3, -0.25) is 0 Å². The Morgan fingerprint density at radius 3 is 2.31 bits per heavy atom. The van der Waals surface area contributed by atoms with Gasteiger partial charge in [-0.25, -0.2) is 0 Å². The molecule has 0 saturated heterocycles. The molecule has 0 aromatic carbocycles. The molecule has 0 spiro atoms. The van der Waals surface area contributed by atoms with Gasteiger partial charge in [-0.2, -0.15) is 0 Å². The maximum absolute atomic E-state index is 9.29. The normalized spacial score (nSPS) is 13.6. The van der Waals surface area contributed by atoms with Crippen LogP contribution in [0.15, 0.2) is 0 Å². The van der Waals surface area contributed by atoms with E-state index >= 15 is 0 Å². The predicted octanol–water partition coefficient (Wildman–Crippen LogP) is 1.50. The Labute approximate surface area is 81.3 Å². The van der Waals surface area contributed by atoms with Gasteiger partial charge in [-0.05, 0) is 19.4 Å². The van der Waals surface area contributed by atoms with Crippen LogP contribution in [-0.2, 0) is 4.74 Å². The van der Waals surface area contributed by atoms with E-state index < -0.39 is 6.29 Å². The lowest BCUT2D eigenvalue weighted by atomic mass is 10.2. The molecule has 3 heteroatoms. The van der Waals surface area contributed by atoms with Gasteiger partial charge in [0.2, 0.25) is 0 Å². The second kappa shape index (κ2) is 8.48. The summed E-state index contributed by atoms with van der Waals surface area (Å²) >= 11 is 0. The zero-order valence-corrected chi connectivity index (χ0v) is 8.83. The molecule has 0 amide bonds. The van der Waals surface area contributed by atoms with Crippen molar-refractivity contribution in [3.8, 4) is 0 Å². The monoisotopic (exact) mass is 189 g/mol. The molecule has 0 aliphatic carbocycles. The minimum Gasteiger partial charge on any atom is -0.368 e. The summed E-state index contributed by atoms with van der Waals surface area (Å²) in [5.41, 5.74) is 5.36. The SMILES string of the molecule is CC(C)C(O)OCCCCCCN. The third-order valence-electron chi connectivity index (χ3n) is 1.96. The maximum atomic E-state index is 9.29. The van der Waals surface area contributed by atoms with Gasteiger partial charge in [0.05, 0.1) is 0 Å². The predicted molar refractivity (Wildman–Crippen MR) is 54.3 cm³/mol. The molecular formula is C10H23NO2. The zero-order chi connectivity index (χ0) is 10.1. The summed E-state index contributed by atoms with van der Waals surface area (Å²) in [6, 6.07) is 0. The molecule has 0 fully saturated rings. The molecule has 3 nitrogen and oxygen atoms in total. The molecule has 0 heterocycles. The van der Waals surface area contributed by atoms with E-state index in [1.807, 2.05) is 13.8 Å². The lowest BCUT2D eigenvalue weighted by Gasteiger charge is -2.14. The van der Waals surface area contributed by atoms with Gasteiger partial charge in [-0.1, -0.05) is 26.7 Å². The molecule has 80 valence electrons. The van der Waals surface area contributed by atoms with Crippen molar-refractivity contribution in [2.24, 2.45) is 11.7 Å². The van der Waals surface area contributed by atoms with Crippen LogP contribution in [0.1, 0.15) is 39.5 Å². The molecule has 0 aliphatic heterocycles. The van der Waals surface area contributed by atoms with E-state index in [9.17, 15) is 5.11 Å². The van der Waals surface area contributed by atoms with Crippen molar-refractivity contribution >= 4 is 0 Å². The Kier molecular flexibility index (Phi) is 8.40. The first-order valence-corrected chi connectivity index (χ1v) is 5.18. The lowest BCUT2D eigenvalue weighted by molar-refractivity contribution is -0.126. The molecule has 13 heavy (non-hydrogen) atoms. The molecule has 0 rings (SSSR count). The molecular weight excluding hydrogens is 166 g/mol. The van der Waals surface area contributed by atoms with E-state index in [1.165, 1.54) is 0 Å². The van der Waals surface area contributed by atoms with E-state index in [2.05, 4.69) is 0 Å². The summed E-state index contributed by atoms with van der Waals surface area (Å²) < 4.78 is 5.21. The molecule has 0 aromatic heterocycles. The van der Waals surface area contributed by atoms with Crippen molar-refractivity contribution in [2.75, 3.05) is 13.2 Å². The fourth-order valence-electron chi connectivity index (χ4n) is 0.996. The molecule has 0 aliphatic rings. The summed E-state index contributed by atoms with van der Waals surface area (Å²) in [5.74, 6) is 0.184. The van der Waals surface area contributed by atoms with Crippen molar-refractivity contribution in [3.05, 3.63) is 0 Å². The average Bonchev–Trinajstić information content (AvgIpc) is 2.10. The molecule has 3 N–H and O–H groups in total. The first-order chi connectivity index (χ1) is 6.18. The molecule has 0 aromatic rings. The maximum Gasteiger partial charge on any atom is 0.156 e. The number of hydrogen-bond donors (Lipinski definition) is 2. The molecule has 0 saturated carbocycles. The van der Waals surface area contributed by atoms with Crippen LogP contribution in [0.4, 0.5) is 0 Å². The fraction of sp³-hybridized carbons (Fsp3) is 1.00. The van der Waals surface area contributed by atoms with E-state index in [0.29, 0.717) is 6.61 Å². The van der Waals surface area contributed by atoms with E-state index in [1.54, 1.807) is 0 Å². The van der Waals surface area contributed by atoms with Gasteiger partial charge in [0.25, 0.3) is 0 Å². The molecule has 0 radical (unpaired) electrons. The lowest BCUT2D eigenvalue weighted by Crippen LogP contribution is -2.19. The number of unbranched alkanes of at least 4 members (excludes halogenated alkanes) is 3. The van der Waals surface area contributed by atoms with E-state index in [0.717, 1.165) is 32.2 Å². The summed E-state index contributed by atoms with van der Waals surface area (Å²) in [5, 5.41) is 9.29. The van der Waals surface area contributed by atoms with Crippen LogP contribution in [0.3, 0.4) is 0 Å². The van der Waals surface area contributed by atoms with Crippen LogP contribution in [0.25, 0.3) is 0 Å². The van der Waals surface area contributed by atoms with Crippen LogP contribution in [-0.4, -0.2) is 24.5 Å². The average molecular weight is 189 g/mol. The minimum absolute atomic E-state index is 0.184. The Hall–Kier alpha value is -0.120.